The number of pyridine rings is 1. The molecule has 0 aliphatic rings. The van der Waals surface area contributed by atoms with Crippen LogP contribution in [-0.4, -0.2) is 20.1 Å². The largest absolute Gasteiger partial charge is 0.493 e. The number of methoxy groups -OCH3 is 2. The summed E-state index contributed by atoms with van der Waals surface area (Å²) in [5.41, 5.74) is 6.76. The van der Waals surface area contributed by atoms with Crippen LogP contribution in [0.15, 0.2) is 55.4 Å². The molecule has 0 aliphatic carbocycles. The van der Waals surface area contributed by atoms with Gasteiger partial charge in [0, 0.05) is 17.7 Å². The molecular formula is C17H20N3O3+. The molecular weight excluding hydrogens is 294 g/mol. The van der Waals surface area contributed by atoms with Crippen LogP contribution in [0.1, 0.15) is 5.56 Å². The van der Waals surface area contributed by atoms with Crippen LogP contribution in [0.3, 0.4) is 0 Å². The van der Waals surface area contributed by atoms with E-state index in [9.17, 15) is 4.79 Å². The van der Waals surface area contributed by atoms with Crippen molar-refractivity contribution in [3.63, 3.8) is 0 Å². The van der Waals surface area contributed by atoms with E-state index in [2.05, 4.69) is 17.4 Å². The monoisotopic (exact) mass is 314 g/mol. The van der Waals surface area contributed by atoms with Crippen molar-refractivity contribution >= 4 is 11.6 Å². The predicted octanol–water partition coefficient (Wildman–Crippen LogP) is 1.28. The molecule has 6 heteroatoms. The fourth-order valence-corrected chi connectivity index (χ4v) is 1.99. The third kappa shape index (κ3) is 4.47. The molecule has 0 radical (unpaired) electrons. The van der Waals surface area contributed by atoms with Crippen molar-refractivity contribution in [3.05, 3.63) is 60.9 Å². The zero-order valence-corrected chi connectivity index (χ0v) is 13.2. The molecule has 1 aromatic carbocycles. The Balaban J connectivity index is 1.93. The van der Waals surface area contributed by atoms with Gasteiger partial charge in [-0.05, 0) is 18.2 Å². The van der Waals surface area contributed by atoms with Crippen LogP contribution in [0.5, 0.6) is 11.5 Å². The van der Waals surface area contributed by atoms with Crippen LogP contribution in [0.25, 0.3) is 5.70 Å². The van der Waals surface area contributed by atoms with Crippen LogP contribution in [0.2, 0.25) is 0 Å². The lowest BCUT2D eigenvalue weighted by atomic mass is 10.1. The van der Waals surface area contributed by atoms with Crippen molar-refractivity contribution in [3.8, 4) is 11.5 Å². The normalized spacial score (nSPS) is 9.83. The van der Waals surface area contributed by atoms with Gasteiger partial charge in [-0.2, -0.15) is 4.57 Å². The molecule has 2 rings (SSSR count). The number of hydrogen-bond donors (Lipinski definition) is 2. The minimum atomic E-state index is -0.178. The Labute approximate surface area is 135 Å². The van der Waals surface area contributed by atoms with E-state index >= 15 is 0 Å². The van der Waals surface area contributed by atoms with E-state index in [1.54, 1.807) is 30.9 Å². The number of carbonyl (C=O) groups is 1. The van der Waals surface area contributed by atoms with Crippen molar-refractivity contribution in [2.45, 2.75) is 6.54 Å². The first-order valence-corrected chi connectivity index (χ1v) is 7.04. The van der Waals surface area contributed by atoms with Crippen molar-refractivity contribution in [1.82, 2.24) is 10.9 Å². The van der Waals surface area contributed by atoms with E-state index in [-0.39, 0.29) is 12.5 Å². The second-order valence-corrected chi connectivity index (χ2v) is 4.77. The third-order valence-corrected chi connectivity index (χ3v) is 3.19. The van der Waals surface area contributed by atoms with Gasteiger partial charge in [0.1, 0.15) is 0 Å². The molecule has 2 aromatic rings. The Morgan fingerprint density at radius 1 is 1.09 bits per heavy atom. The number of benzene rings is 1. The summed E-state index contributed by atoms with van der Waals surface area (Å²) in [6, 6.07) is 11.0. The quantitative estimate of drug-likeness (QED) is 0.597. The molecule has 120 valence electrons. The van der Waals surface area contributed by atoms with Gasteiger partial charge in [-0.1, -0.05) is 12.6 Å². The maximum absolute atomic E-state index is 11.9. The Morgan fingerprint density at radius 2 is 1.78 bits per heavy atom. The fraction of sp³-hybridized carbons (Fsp3) is 0.176. The lowest BCUT2D eigenvalue weighted by Crippen LogP contribution is -2.46. The van der Waals surface area contributed by atoms with Crippen molar-refractivity contribution < 1.29 is 18.8 Å². The summed E-state index contributed by atoms with van der Waals surface area (Å²) in [7, 11) is 3.14. The molecule has 0 spiro atoms. The summed E-state index contributed by atoms with van der Waals surface area (Å²) < 4.78 is 12.2. The Bertz CT molecular complexity index is 687. The Kier molecular flexibility index (Phi) is 5.57. The standard InChI is InChI=1S/C17H19N3O3/c1-13(14-7-8-15(22-2)16(11-14)23-3)18-19-17(21)12-20-9-5-4-6-10-20/h4-11,18H,1,12H2,2-3H3/p+1. The van der Waals surface area contributed by atoms with Gasteiger partial charge in [0.05, 0.1) is 19.9 Å². The first kappa shape index (κ1) is 16.4. The highest BCUT2D eigenvalue weighted by molar-refractivity contribution is 5.76. The van der Waals surface area contributed by atoms with Gasteiger partial charge < -0.3 is 9.47 Å². The molecule has 23 heavy (non-hydrogen) atoms. The second-order valence-electron chi connectivity index (χ2n) is 4.77. The number of ether oxygens (including phenoxy) is 2. The molecule has 6 nitrogen and oxygen atoms in total. The minimum absolute atomic E-state index is 0.178. The number of nitrogens with zero attached hydrogens (tertiary/aromatic N) is 1. The van der Waals surface area contributed by atoms with Crippen molar-refractivity contribution in [1.29, 1.82) is 0 Å². The summed E-state index contributed by atoms with van der Waals surface area (Å²) in [4.78, 5) is 11.9. The molecule has 0 fully saturated rings. The van der Waals surface area contributed by atoms with Crippen LogP contribution < -0.4 is 24.9 Å². The number of hydrazine groups is 1. The van der Waals surface area contributed by atoms with Crippen LogP contribution in [0.4, 0.5) is 0 Å². The van der Waals surface area contributed by atoms with Crippen LogP contribution >= 0.6 is 0 Å². The van der Waals surface area contributed by atoms with E-state index in [0.717, 1.165) is 5.56 Å². The van der Waals surface area contributed by atoms with Gasteiger partial charge in [0.2, 0.25) is 6.54 Å². The highest BCUT2D eigenvalue weighted by Crippen LogP contribution is 2.29. The van der Waals surface area contributed by atoms with Crippen LogP contribution in [0, 0.1) is 0 Å². The Hall–Kier alpha value is -3.02. The van der Waals surface area contributed by atoms with Gasteiger partial charge in [0.25, 0.3) is 0 Å². The molecule has 1 aromatic heterocycles. The smallest absolute Gasteiger partial charge is 0.304 e. The number of hydrogen-bond acceptors (Lipinski definition) is 4. The summed E-state index contributed by atoms with van der Waals surface area (Å²) in [6.45, 7) is 4.12. The first-order chi connectivity index (χ1) is 11.1. The summed E-state index contributed by atoms with van der Waals surface area (Å²) in [5.74, 6) is 1.05. The van der Waals surface area contributed by atoms with E-state index in [0.29, 0.717) is 17.2 Å². The van der Waals surface area contributed by atoms with Crippen molar-refractivity contribution in [2.24, 2.45) is 0 Å². The average molecular weight is 314 g/mol. The molecule has 0 saturated heterocycles. The molecule has 0 unspecified atom stereocenters. The maximum Gasteiger partial charge on any atom is 0.304 e. The fourth-order valence-electron chi connectivity index (χ4n) is 1.99. The molecule has 0 bridgehead atoms. The summed E-state index contributed by atoms with van der Waals surface area (Å²) >= 11 is 0. The van der Waals surface area contributed by atoms with Gasteiger partial charge in [-0.3, -0.25) is 15.6 Å². The Morgan fingerprint density at radius 3 is 2.43 bits per heavy atom. The van der Waals surface area contributed by atoms with Gasteiger partial charge >= 0.3 is 5.91 Å². The number of amides is 1. The lowest BCUT2D eigenvalue weighted by Gasteiger charge is -2.13. The van der Waals surface area contributed by atoms with Crippen molar-refractivity contribution in [2.75, 3.05) is 14.2 Å². The molecule has 1 heterocycles. The van der Waals surface area contributed by atoms with E-state index in [1.165, 1.54) is 0 Å². The highest BCUT2D eigenvalue weighted by atomic mass is 16.5. The molecule has 0 atom stereocenters. The number of nitrogens with one attached hydrogen (secondary N) is 2. The number of rotatable bonds is 7. The lowest BCUT2D eigenvalue weighted by molar-refractivity contribution is -0.684. The summed E-state index contributed by atoms with van der Waals surface area (Å²) in [5, 5.41) is 0. The molecule has 0 aliphatic heterocycles. The zero-order chi connectivity index (χ0) is 16.7. The van der Waals surface area contributed by atoms with Gasteiger partial charge in [-0.15, -0.1) is 0 Å². The number of carbonyl (C=O) groups excluding carboxylic acids is 1. The SMILES string of the molecule is C=C(NNC(=O)C[n+]1ccccc1)c1ccc(OC)c(OC)c1. The van der Waals surface area contributed by atoms with Crippen LogP contribution in [-0.2, 0) is 11.3 Å². The van der Waals surface area contributed by atoms with E-state index in [1.807, 2.05) is 36.7 Å². The molecule has 1 amide bonds. The zero-order valence-electron chi connectivity index (χ0n) is 13.2. The molecule has 2 N–H and O–H groups in total. The van der Waals surface area contributed by atoms with E-state index < -0.39 is 0 Å². The maximum atomic E-state index is 11.9. The third-order valence-electron chi connectivity index (χ3n) is 3.19. The topological polar surface area (TPSA) is 63.5 Å². The highest BCUT2D eigenvalue weighted by Gasteiger charge is 2.10. The second kappa shape index (κ2) is 7.84. The van der Waals surface area contributed by atoms with E-state index in [4.69, 9.17) is 9.47 Å². The minimum Gasteiger partial charge on any atom is -0.493 e. The molecule has 0 saturated carbocycles. The van der Waals surface area contributed by atoms with Gasteiger partial charge in [0.15, 0.2) is 23.9 Å². The first-order valence-electron chi connectivity index (χ1n) is 7.04. The number of aromatic nitrogens is 1. The average Bonchev–Trinajstić information content (AvgIpc) is 2.59. The van der Waals surface area contributed by atoms with Gasteiger partial charge in [-0.25, -0.2) is 0 Å². The summed E-state index contributed by atoms with van der Waals surface area (Å²) in [6.07, 6.45) is 3.64. The predicted molar refractivity (Wildman–Crippen MR) is 86.5 cm³/mol.